The van der Waals surface area contributed by atoms with E-state index in [0.717, 1.165) is 6.42 Å². The van der Waals surface area contributed by atoms with E-state index in [-0.39, 0.29) is 0 Å². The van der Waals surface area contributed by atoms with Crippen molar-refractivity contribution in [1.29, 1.82) is 0 Å². The average molecular weight is 308 g/mol. The van der Waals surface area contributed by atoms with E-state index >= 15 is 0 Å². The number of rotatable bonds is 7. The first-order chi connectivity index (χ1) is 10.6. The molecule has 2 aromatic rings. The van der Waals surface area contributed by atoms with Crippen molar-refractivity contribution >= 4 is 23.9 Å². The molecule has 0 aliphatic carbocycles. The van der Waals surface area contributed by atoms with E-state index in [1.807, 2.05) is 42.5 Å². The van der Waals surface area contributed by atoms with Gasteiger partial charge < -0.3 is 4.79 Å². The fraction of sp³-hybridized carbons (Fsp3) is 0.250. The minimum Gasteiger partial charge on any atom is -0.305 e. The maximum Gasteiger partial charge on any atom is 0.190 e. The summed E-state index contributed by atoms with van der Waals surface area (Å²) in [4.78, 5) is 13.1. The second-order valence-corrected chi connectivity index (χ2v) is 9.99. The summed E-state index contributed by atoms with van der Waals surface area (Å²) in [7, 11) is -2.36. The van der Waals surface area contributed by atoms with E-state index < -0.39 is 8.07 Å². The van der Waals surface area contributed by atoms with Crippen LogP contribution in [0.15, 0.2) is 73.3 Å². The Morgan fingerprint density at radius 2 is 1.50 bits per heavy atom. The van der Waals surface area contributed by atoms with Gasteiger partial charge in [-0.25, -0.2) is 0 Å². The molecule has 0 aromatic heterocycles. The lowest BCUT2D eigenvalue weighted by Gasteiger charge is -2.27. The molecule has 0 heterocycles. The number of carbonyl (C=O) groups is 1. The van der Waals surface area contributed by atoms with Crippen LogP contribution in [0.5, 0.6) is 0 Å². The van der Waals surface area contributed by atoms with Crippen LogP contribution < -0.4 is 10.4 Å². The van der Waals surface area contributed by atoms with E-state index in [1.165, 1.54) is 10.4 Å². The smallest absolute Gasteiger partial charge is 0.190 e. The first-order valence-corrected chi connectivity index (χ1v) is 10.4. The minimum absolute atomic E-state index is 0.383. The summed E-state index contributed by atoms with van der Waals surface area (Å²) >= 11 is 0. The first kappa shape index (κ1) is 16.4. The molecule has 22 heavy (non-hydrogen) atoms. The summed E-state index contributed by atoms with van der Waals surface area (Å²) in [5, 5.41) is 2.79. The van der Waals surface area contributed by atoms with Crippen molar-refractivity contribution in [3.63, 3.8) is 0 Å². The molecule has 1 atom stereocenters. The molecular weight excluding hydrogens is 284 g/mol. The van der Waals surface area contributed by atoms with Gasteiger partial charge >= 0.3 is 0 Å². The Kier molecular flexibility index (Phi) is 5.50. The Hall–Kier alpha value is -1.93. The SMILES string of the molecule is C=CC(C)CCC(=O)[Si](C)(c1ccccc1)c1ccccc1. The highest BCUT2D eigenvalue weighted by atomic mass is 28.3. The van der Waals surface area contributed by atoms with Crippen molar-refractivity contribution in [2.75, 3.05) is 0 Å². The van der Waals surface area contributed by atoms with E-state index in [0.29, 0.717) is 17.7 Å². The van der Waals surface area contributed by atoms with Crippen molar-refractivity contribution in [3.8, 4) is 0 Å². The second kappa shape index (κ2) is 7.37. The Bertz CT molecular complexity index is 579. The lowest BCUT2D eigenvalue weighted by molar-refractivity contribution is -0.112. The number of carbonyl (C=O) groups excluding carboxylic acids is 1. The van der Waals surface area contributed by atoms with Crippen molar-refractivity contribution in [1.82, 2.24) is 0 Å². The lowest BCUT2D eigenvalue weighted by Crippen LogP contribution is -2.62. The third-order valence-corrected chi connectivity index (χ3v) is 8.83. The Labute approximate surface area is 134 Å². The number of benzene rings is 2. The lowest BCUT2D eigenvalue weighted by atomic mass is 10.1. The van der Waals surface area contributed by atoms with E-state index in [1.54, 1.807) is 0 Å². The molecule has 0 saturated carbocycles. The largest absolute Gasteiger partial charge is 0.305 e. The predicted molar refractivity (Wildman–Crippen MR) is 97.4 cm³/mol. The fourth-order valence-corrected chi connectivity index (χ4v) is 6.10. The van der Waals surface area contributed by atoms with Gasteiger partial charge in [0.25, 0.3) is 0 Å². The third-order valence-electron chi connectivity index (χ3n) is 4.49. The molecule has 0 fully saturated rings. The van der Waals surface area contributed by atoms with Crippen molar-refractivity contribution in [2.45, 2.75) is 26.3 Å². The molecule has 0 bridgehead atoms. The maximum absolute atomic E-state index is 13.1. The van der Waals surface area contributed by atoms with Crippen molar-refractivity contribution in [3.05, 3.63) is 73.3 Å². The summed E-state index contributed by atoms with van der Waals surface area (Å²) in [6.45, 7) is 8.11. The zero-order valence-electron chi connectivity index (χ0n) is 13.5. The summed E-state index contributed by atoms with van der Waals surface area (Å²) in [5.41, 5.74) is 0. The molecular formula is C20H24OSi. The van der Waals surface area contributed by atoms with Gasteiger partial charge in [-0.15, -0.1) is 6.58 Å². The topological polar surface area (TPSA) is 17.1 Å². The summed E-state index contributed by atoms with van der Waals surface area (Å²) < 4.78 is 0. The first-order valence-electron chi connectivity index (χ1n) is 7.86. The number of hydrogen-bond donors (Lipinski definition) is 0. The quantitative estimate of drug-likeness (QED) is 0.564. The van der Waals surface area contributed by atoms with Gasteiger partial charge in [0.2, 0.25) is 0 Å². The van der Waals surface area contributed by atoms with Crippen LogP contribution in [0.2, 0.25) is 6.55 Å². The molecule has 0 amide bonds. The van der Waals surface area contributed by atoms with Crippen LogP contribution in [0.1, 0.15) is 19.8 Å². The monoisotopic (exact) mass is 308 g/mol. The average Bonchev–Trinajstić information content (AvgIpc) is 2.60. The molecule has 114 valence electrons. The van der Waals surface area contributed by atoms with Gasteiger partial charge in [0.05, 0.1) is 0 Å². The van der Waals surface area contributed by atoms with E-state index in [2.05, 4.69) is 44.3 Å². The zero-order chi connectivity index (χ0) is 16.0. The van der Waals surface area contributed by atoms with Crippen LogP contribution >= 0.6 is 0 Å². The molecule has 1 unspecified atom stereocenters. The van der Waals surface area contributed by atoms with Gasteiger partial charge in [-0.3, -0.25) is 0 Å². The predicted octanol–water partition coefficient (Wildman–Crippen LogP) is 3.59. The molecule has 0 saturated heterocycles. The van der Waals surface area contributed by atoms with Crippen molar-refractivity contribution < 1.29 is 4.79 Å². The van der Waals surface area contributed by atoms with Crippen LogP contribution in [0.4, 0.5) is 0 Å². The number of allylic oxidation sites excluding steroid dienone is 1. The van der Waals surface area contributed by atoms with Crippen LogP contribution in [0.3, 0.4) is 0 Å². The normalized spacial score (nSPS) is 12.6. The molecule has 1 nitrogen and oxygen atoms in total. The highest BCUT2D eigenvalue weighted by Gasteiger charge is 2.39. The zero-order valence-corrected chi connectivity index (χ0v) is 14.5. The molecule has 0 spiro atoms. The minimum atomic E-state index is -2.36. The number of hydrogen-bond acceptors (Lipinski definition) is 1. The molecule has 2 heteroatoms. The van der Waals surface area contributed by atoms with E-state index in [4.69, 9.17) is 0 Å². The Morgan fingerprint density at radius 3 is 1.91 bits per heavy atom. The summed E-state index contributed by atoms with van der Waals surface area (Å²) in [6, 6.07) is 20.6. The maximum atomic E-state index is 13.1. The van der Waals surface area contributed by atoms with Gasteiger partial charge in [0.1, 0.15) is 5.41 Å². The fourth-order valence-electron chi connectivity index (χ4n) is 2.76. The van der Waals surface area contributed by atoms with Gasteiger partial charge in [0, 0.05) is 6.42 Å². The van der Waals surface area contributed by atoms with Crippen LogP contribution in [-0.2, 0) is 4.79 Å². The third kappa shape index (κ3) is 3.45. The second-order valence-electron chi connectivity index (χ2n) is 6.03. The molecule has 0 N–H and O–H groups in total. The molecule has 0 radical (unpaired) electrons. The molecule has 2 aromatic carbocycles. The van der Waals surface area contributed by atoms with Gasteiger partial charge in [0.15, 0.2) is 8.07 Å². The van der Waals surface area contributed by atoms with Crippen LogP contribution in [-0.4, -0.2) is 13.5 Å². The summed E-state index contributed by atoms with van der Waals surface area (Å²) in [5.74, 6) is 0.383. The summed E-state index contributed by atoms with van der Waals surface area (Å²) in [6.07, 6.45) is 3.43. The highest BCUT2D eigenvalue weighted by molar-refractivity contribution is 7.21. The van der Waals surface area contributed by atoms with Gasteiger partial charge in [-0.1, -0.05) is 80.2 Å². The van der Waals surface area contributed by atoms with Crippen LogP contribution in [0, 0.1) is 5.92 Å². The molecule has 2 rings (SSSR count). The Balaban J connectivity index is 2.38. The van der Waals surface area contributed by atoms with Gasteiger partial charge in [-0.05, 0) is 22.7 Å². The Morgan fingerprint density at radius 1 is 1.05 bits per heavy atom. The van der Waals surface area contributed by atoms with E-state index in [9.17, 15) is 4.79 Å². The highest BCUT2D eigenvalue weighted by Crippen LogP contribution is 2.14. The molecule has 0 aliphatic rings. The standard InChI is InChI=1S/C20H24OSi/c1-4-17(2)15-16-20(21)22(3,18-11-7-5-8-12-18)19-13-9-6-10-14-19/h4-14,17H,1,15-16H2,2-3H3. The van der Waals surface area contributed by atoms with Gasteiger partial charge in [-0.2, -0.15) is 0 Å². The molecule has 0 aliphatic heterocycles. The van der Waals surface area contributed by atoms with Crippen molar-refractivity contribution in [2.24, 2.45) is 5.92 Å². The van der Waals surface area contributed by atoms with Crippen LogP contribution in [0.25, 0.3) is 0 Å².